The molecule has 0 radical (unpaired) electrons. The number of hydrogen-bond donors (Lipinski definition) is 0. The van der Waals surface area contributed by atoms with Gasteiger partial charge in [-0.15, -0.1) is 0 Å². The zero-order valence-electron chi connectivity index (χ0n) is 24.1. The molecule has 45 heavy (non-hydrogen) atoms. The highest BCUT2D eigenvalue weighted by molar-refractivity contribution is 5.50. The van der Waals surface area contributed by atoms with Crippen LogP contribution >= 0.6 is 0 Å². The fraction of sp³-hybridized carbons (Fsp3) is 0.355. The predicted molar refractivity (Wildman–Crippen MR) is 152 cm³/mol. The smallest absolute Gasteiger partial charge is 0.449 e. The number of aryl methyl sites for hydroxylation is 1. The molecule has 0 spiro atoms. The van der Waals surface area contributed by atoms with E-state index in [-0.39, 0.29) is 49.7 Å². The minimum absolute atomic E-state index is 0.0711. The summed E-state index contributed by atoms with van der Waals surface area (Å²) in [5.74, 6) is -2.12. The first kappa shape index (κ1) is 32.1. The van der Waals surface area contributed by atoms with E-state index in [9.17, 15) is 40.3 Å². The molecule has 1 aliphatic rings. The summed E-state index contributed by atoms with van der Waals surface area (Å²) < 4.78 is 102. The van der Waals surface area contributed by atoms with E-state index in [2.05, 4.69) is 0 Å². The Bertz CT molecular complexity index is 1770. The maximum atomic E-state index is 14.9. The standard InChI is InChI=1S/C31H29F7N4O3/c1-20-27(40-16-14-39(15-17-40)18-22-10-11-26(45-22)31(36,37)38)28(43)41(13-12-21-6-3-2-4-7-21)29(44)42(20)19-23-24(30(33,34)35)8-5-9-25(23)32/h2-11H,12-19H2,1H3. The Hall–Kier alpha value is -4.33. The molecule has 0 unspecified atom stereocenters. The van der Waals surface area contributed by atoms with Crippen molar-refractivity contribution >= 4 is 5.69 Å². The van der Waals surface area contributed by atoms with E-state index in [1.165, 1.54) is 13.0 Å². The molecule has 5 rings (SSSR count). The molecular formula is C31H29F7N4O3. The van der Waals surface area contributed by atoms with Gasteiger partial charge in [-0.1, -0.05) is 36.4 Å². The molecule has 3 heterocycles. The molecular weight excluding hydrogens is 609 g/mol. The number of halogens is 7. The molecule has 7 nitrogen and oxygen atoms in total. The molecule has 4 aromatic rings. The van der Waals surface area contributed by atoms with Gasteiger partial charge in [0.2, 0.25) is 5.76 Å². The van der Waals surface area contributed by atoms with Crippen LogP contribution in [0.15, 0.2) is 74.7 Å². The maximum absolute atomic E-state index is 14.9. The number of aromatic nitrogens is 2. The van der Waals surface area contributed by atoms with Crippen molar-refractivity contribution in [2.24, 2.45) is 0 Å². The van der Waals surface area contributed by atoms with E-state index in [0.29, 0.717) is 13.1 Å². The van der Waals surface area contributed by atoms with Crippen molar-refractivity contribution in [3.63, 3.8) is 0 Å². The summed E-state index contributed by atoms with van der Waals surface area (Å²) in [5.41, 5.74) is -2.47. The molecule has 14 heteroatoms. The van der Waals surface area contributed by atoms with Gasteiger partial charge in [-0.2, -0.15) is 26.3 Å². The zero-order valence-corrected chi connectivity index (χ0v) is 24.1. The van der Waals surface area contributed by atoms with Gasteiger partial charge in [0, 0.05) is 44.0 Å². The van der Waals surface area contributed by atoms with Gasteiger partial charge < -0.3 is 9.32 Å². The second-order valence-electron chi connectivity index (χ2n) is 10.8. The van der Waals surface area contributed by atoms with Gasteiger partial charge in [0.15, 0.2) is 0 Å². The lowest BCUT2D eigenvalue weighted by Crippen LogP contribution is -2.51. The second-order valence-corrected chi connectivity index (χ2v) is 10.8. The maximum Gasteiger partial charge on any atom is 0.449 e. The van der Waals surface area contributed by atoms with Gasteiger partial charge in [0.25, 0.3) is 5.56 Å². The van der Waals surface area contributed by atoms with Crippen LogP contribution in [0.5, 0.6) is 0 Å². The molecule has 240 valence electrons. The third-order valence-corrected chi connectivity index (χ3v) is 7.87. The number of hydrogen-bond acceptors (Lipinski definition) is 5. The Labute approximate surface area is 252 Å². The molecule has 0 saturated carbocycles. The number of piperazine rings is 1. The lowest BCUT2D eigenvalue weighted by molar-refractivity contribution is -0.153. The first-order chi connectivity index (χ1) is 21.2. The summed E-state index contributed by atoms with van der Waals surface area (Å²) in [6.07, 6.45) is -9.21. The average molecular weight is 639 g/mol. The van der Waals surface area contributed by atoms with Crippen LogP contribution in [0.2, 0.25) is 0 Å². The van der Waals surface area contributed by atoms with Crippen LogP contribution in [0.4, 0.5) is 36.4 Å². The van der Waals surface area contributed by atoms with Crippen LogP contribution < -0.4 is 16.1 Å². The molecule has 0 bridgehead atoms. The van der Waals surface area contributed by atoms with Crippen LogP contribution in [0.25, 0.3) is 0 Å². The highest BCUT2D eigenvalue weighted by atomic mass is 19.4. The monoisotopic (exact) mass is 638 g/mol. The normalized spacial score (nSPS) is 14.7. The molecule has 0 atom stereocenters. The zero-order chi connectivity index (χ0) is 32.5. The van der Waals surface area contributed by atoms with E-state index >= 15 is 0 Å². The Morgan fingerprint density at radius 1 is 0.778 bits per heavy atom. The fourth-order valence-electron chi connectivity index (χ4n) is 5.53. The number of alkyl halides is 6. The topological polar surface area (TPSA) is 63.6 Å². The van der Waals surface area contributed by atoms with Crippen molar-refractivity contribution in [2.45, 2.75) is 45.3 Å². The fourth-order valence-corrected chi connectivity index (χ4v) is 5.53. The van der Waals surface area contributed by atoms with Crippen molar-refractivity contribution in [2.75, 3.05) is 31.1 Å². The second kappa shape index (κ2) is 12.6. The summed E-state index contributed by atoms with van der Waals surface area (Å²) in [5, 5.41) is 0. The number of benzene rings is 2. The third-order valence-electron chi connectivity index (χ3n) is 7.87. The van der Waals surface area contributed by atoms with E-state index in [1.807, 2.05) is 17.0 Å². The van der Waals surface area contributed by atoms with Crippen LogP contribution in [0, 0.1) is 12.7 Å². The van der Waals surface area contributed by atoms with E-state index in [0.717, 1.165) is 39.0 Å². The van der Waals surface area contributed by atoms with Gasteiger partial charge in [-0.25, -0.2) is 9.18 Å². The van der Waals surface area contributed by atoms with E-state index in [4.69, 9.17) is 4.42 Å². The average Bonchev–Trinajstić information content (AvgIpc) is 3.46. The lowest BCUT2D eigenvalue weighted by atomic mass is 10.1. The predicted octanol–water partition coefficient (Wildman–Crippen LogP) is 5.70. The van der Waals surface area contributed by atoms with Gasteiger partial charge in [-0.05, 0) is 43.2 Å². The minimum atomic E-state index is -4.88. The highest BCUT2D eigenvalue weighted by Crippen LogP contribution is 2.34. The molecule has 0 amide bonds. The molecule has 2 aromatic carbocycles. The van der Waals surface area contributed by atoms with Crippen molar-refractivity contribution in [1.82, 2.24) is 14.0 Å². The highest BCUT2D eigenvalue weighted by Gasteiger charge is 2.36. The summed E-state index contributed by atoms with van der Waals surface area (Å²) in [6.45, 7) is 1.79. The van der Waals surface area contributed by atoms with Crippen LogP contribution in [0.3, 0.4) is 0 Å². The molecule has 0 N–H and O–H groups in total. The van der Waals surface area contributed by atoms with Crippen LogP contribution in [-0.2, 0) is 38.4 Å². The molecule has 2 aromatic heterocycles. The lowest BCUT2D eigenvalue weighted by Gasteiger charge is -2.36. The van der Waals surface area contributed by atoms with Crippen molar-refractivity contribution in [3.8, 4) is 0 Å². The molecule has 1 aliphatic heterocycles. The van der Waals surface area contributed by atoms with E-state index in [1.54, 1.807) is 23.1 Å². The molecule has 1 fully saturated rings. The number of nitrogens with zero attached hydrogens (tertiary/aromatic N) is 4. The van der Waals surface area contributed by atoms with Gasteiger partial charge in [0.1, 0.15) is 17.3 Å². The van der Waals surface area contributed by atoms with E-state index < -0.39 is 52.9 Å². The summed E-state index contributed by atoms with van der Waals surface area (Å²) >= 11 is 0. The largest absolute Gasteiger partial charge is 0.455 e. The van der Waals surface area contributed by atoms with Crippen LogP contribution in [0.1, 0.15) is 33.9 Å². The Morgan fingerprint density at radius 2 is 1.47 bits per heavy atom. The van der Waals surface area contributed by atoms with Gasteiger partial charge in [-0.3, -0.25) is 18.8 Å². The van der Waals surface area contributed by atoms with Crippen molar-refractivity contribution in [1.29, 1.82) is 0 Å². The minimum Gasteiger partial charge on any atom is -0.455 e. The Balaban J connectivity index is 1.48. The Morgan fingerprint density at radius 3 is 2.09 bits per heavy atom. The SMILES string of the molecule is Cc1c(N2CCN(Cc3ccc(C(F)(F)F)o3)CC2)c(=O)n(CCc2ccccc2)c(=O)n1Cc1c(F)cccc1C(F)(F)F. The Kier molecular flexibility index (Phi) is 8.97. The number of rotatable bonds is 8. The first-order valence-electron chi connectivity index (χ1n) is 14.1. The van der Waals surface area contributed by atoms with Crippen molar-refractivity contribution < 1.29 is 35.2 Å². The number of furan rings is 1. The first-order valence-corrected chi connectivity index (χ1v) is 14.1. The van der Waals surface area contributed by atoms with Crippen molar-refractivity contribution in [3.05, 3.63) is 121 Å². The molecule has 0 aliphatic carbocycles. The molecule has 1 saturated heterocycles. The summed E-state index contributed by atoms with van der Waals surface area (Å²) in [4.78, 5) is 31.0. The quantitative estimate of drug-likeness (QED) is 0.232. The summed E-state index contributed by atoms with van der Waals surface area (Å²) in [7, 11) is 0. The third kappa shape index (κ3) is 7.00. The number of anilines is 1. The van der Waals surface area contributed by atoms with Crippen LogP contribution in [-0.4, -0.2) is 40.2 Å². The van der Waals surface area contributed by atoms with Gasteiger partial charge in [0.05, 0.1) is 18.7 Å². The summed E-state index contributed by atoms with van der Waals surface area (Å²) in [6, 6.07) is 13.7. The van der Waals surface area contributed by atoms with Gasteiger partial charge >= 0.3 is 18.0 Å².